The Kier molecular flexibility index (Phi) is 6.67. The highest BCUT2D eigenvalue weighted by Crippen LogP contribution is 2.20. The molecular weight excluding hydrogens is 350 g/mol. The fourth-order valence-corrected chi connectivity index (χ4v) is 5.19. The summed E-state index contributed by atoms with van der Waals surface area (Å²) < 4.78 is 27.8. The molecule has 1 saturated carbocycles. The lowest BCUT2D eigenvalue weighted by molar-refractivity contribution is -0.896. The molecule has 0 bridgehead atoms. The highest BCUT2D eigenvalue weighted by Gasteiger charge is 2.22. The number of nitrogens with one attached hydrogen (secondary N) is 3. The van der Waals surface area contributed by atoms with Gasteiger partial charge in [-0.15, -0.1) is 0 Å². The third-order valence-electron chi connectivity index (χ3n) is 5.35. The van der Waals surface area contributed by atoms with Crippen LogP contribution in [0.15, 0.2) is 29.2 Å². The zero-order chi connectivity index (χ0) is 18.4. The predicted octanol–water partition coefficient (Wildman–Crippen LogP) is 1.30. The predicted molar refractivity (Wildman–Crippen MR) is 102 cm³/mol. The van der Waals surface area contributed by atoms with E-state index in [9.17, 15) is 13.2 Å². The number of anilines is 1. The number of piperidine rings is 1. The SMILES string of the molecule is O=C(C[NH+]1CCCCC1)Nc1ccc(S(=O)(=O)NC2CCCCC2)cc1. The van der Waals surface area contributed by atoms with Gasteiger partial charge in [0, 0.05) is 11.7 Å². The van der Waals surface area contributed by atoms with Gasteiger partial charge in [0.1, 0.15) is 0 Å². The van der Waals surface area contributed by atoms with Crippen LogP contribution in [-0.4, -0.2) is 40.0 Å². The van der Waals surface area contributed by atoms with Crippen LogP contribution in [0.5, 0.6) is 0 Å². The maximum Gasteiger partial charge on any atom is 0.279 e. The van der Waals surface area contributed by atoms with Crippen molar-refractivity contribution in [3.63, 3.8) is 0 Å². The van der Waals surface area contributed by atoms with Crippen LogP contribution in [0.2, 0.25) is 0 Å². The Balaban J connectivity index is 1.54. The number of hydrogen-bond acceptors (Lipinski definition) is 3. The topological polar surface area (TPSA) is 79.7 Å². The third kappa shape index (κ3) is 5.53. The van der Waals surface area contributed by atoms with E-state index < -0.39 is 10.0 Å². The van der Waals surface area contributed by atoms with Gasteiger partial charge < -0.3 is 10.2 Å². The number of benzene rings is 1. The largest absolute Gasteiger partial charge is 0.327 e. The fourth-order valence-electron chi connectivity index (χ4n) is 3.89. The smallest absolute Gasteiger partial charge is 0.279 e. The summed E-state index contributed by atoms with van der Waals surface area (Å²) in [6.07, 6.45) is 8.79. The molecule has 1 amide bonds. The molecule has 1 heterocycles. The Morgan fingerprint density at radius 3 is 2.23 bits per heavy atom. The van der Waals surface area contributed by atoms with Crippen molar-refractivity contribution in [1.29, 1.82) is 0 Å². The summed E-state index contributed by atoms with van der Waals surface area (Å²) in [6.45, 7) is 2.58. The van der Waals surface area contributed by atoms with Gasteiger partial charge >= 0.3 is 0 Å². The van der Waals surface area contributed by atoms with Crippen molar-refractivity contribution in [3.8, 4) is 0 Å². The standard InChI is InChI=1S/C19H29N3O3S/c23-19(15-22-13-5-2-6-14-22)20-16-9-11-18(12-10-16)26(24,25)21-17-7-3-1-4-8-17/h9-12,17,21H,1-8,13-15H2,(H,20,23)/p+1. The first-order chi connectivity index (χ1) is 12.5. The summed E-state index contributed by atoms with van der Waals surface area (Å²) in [7, 11) is -3.49. The Morgan fingerprint density at radius 2 is 1.58 bits per heavy atom. The van der Waals surface area contributed by atoms with Gasteiger partial charge in [-0.2, -0.15) is 0 Å². The summed E-state index contributed by atoms with van der Waals surface area (Å²) >= 11 is 0. The van der Waals surface area contributed by atoms with Crippen molar-refractivity contribution in [3.05, 3.63) is 24.3 Å². The number of quaternary nitrogens is 1. The van der Waals surface area contributed by atoms with Crippen molar-refractivity contribution in [2.45, 2.75) is 62.3 Å². The van der Waals surface area contributed by atoms with Gasteiger partial charge in [-0.3, -0.25) is 4.79 Å². The molecule has 0 aromatic heterocycles. The average Bonchev–Trinajstić information content (AvgIpc) is 2.63. The molecule has 6 nitrogen and oxygen atoms in total. The lowest BCUT2D eigenvalue weighted by atomic mass is 9.96. The average molecular weight is 381 g/mol. The molecule has 2 fully saturated rings. The second kappa shape index (κ2) is 8.97. The minimum atomic E-state index is -3.49. The van der Waals surface area contributed by atoms with Crippen LogP contribution in [0.25, 0.3) is 0 Å². The second-order valence-corrected chi connectivity index (χ2v) is 9.23. The zero-order valence-corrected chi connectivity index (χ0v) is 16.1. The van der Waals surface area contributed by atoms with Crippen LogP contribution < -0.4 is 14.9 Å². The minimum Gasteiger partial charge on any atom is -0.327 e. The molecule has 2 aliphatic rings. The van der Waals surface area contributed by atoms with E-state index in [2.05, 4.69) is 10.0 Å². The molecule has 3 rings (SSSR count). The molecule has 0 radical (unpaired) electrons. The highest BCUT2D eigenvalue weighted by atomic mass is 32.2. The number of carbonyl (C=O) groups excluding carboxylic acids is 1. The van der Waals surface area contributed by atoms with Crippen molar-refractivity contribution >= 4 is 21.6 Å². The van der Waals surface area contributed by atoms with E-state index in [0.29, 0.717) is 12.2 Å². The number of amides is 1. The van der Waals surface area contributed by atoms with Gasteiger partial charge in [0.15, 0.2) is 6.54 Å². The van der Waals surface area contributed by atoms with Crippen molar-refractivity contribution in [1.82, 2.24) is 4.72 Å². The molecule has 144 valence electrons. The van der Waals surface area contributed by atoms with Crippen LogP contribution >= 0.6 is 0 Å². The third-order valence-corrected chi connectivity index (χ3v) is 6.88. The molecule has 3 N–H and O–H groups in total. The minimum absolute atomic E-state index is 0.0159. The molecular formula is C19H30N3O3S+. The Bertz CT molecular complexity index is 691. The van der Waals surface area contributed by atoms with Gasteiger partial charge in [-0.05, 0) is 56.4 Å². The number of rotatable bonds is 6. The summed E-state index contributed by atoms with van der Waals surface area (Å²) in [5.74, 6) is -0.0159. The normalized spacial score (nSPS) is 20.0. The maximum atomic E-state index is 12.5. The Hall–Kier alpha value is -1.44. The first-order valence-corrected chi connectivity index (χ1v) is 11.3. The van der Waals surface area contributed by atoms with Crippen molar-refractivity contribution in [2.75, 3.05) is 25.0 Å². The van der Waals surface area contributed by atoms with E-state index in [1.807, 2.05) is 0 Å². The van der Waals surface area contributed by atoms with Crippen LogP contribution in [0.3, 0.4) is 0 Å². The van der Waals surface area contributed by atoms with E-state index in [4.69, 9.17) is 0 Å². The van der Waals surface area contributed by atoms with E-state index in [1.165, 1.54) is 30.6 Å². The molecule has 7 heteroatoms. The molecule has 1 aliphatic carbocycles. The van der Waals surface area contributed by atoms with Crippen LogP contribution in [0, 0.1) is 0 Å². The van der Waals surface area contributed by atoms with Crippen LogP contribution in [-0.2, 0) is 14.8 Å². The van der Waals surface area contributed by atoms with Gasteiger partial charge in [0.2, 0.25) is 10.0 Å². The zero-order valence-electron chi connectivity index (χ0n) is 15.3. The number of likely N-dealkylation sites (tertiary alicyclic amines) is 1. The molecule has 1 aliphatic heterocycles. The maximum absolute atomic E-state index is 12.5. The second-order valence-electron chi connectivity index (χ2n) is 7.52. The molecule has 0 unspecified atom stereocenters. The van der Waals surface area contributed by atoms with E-state index >= 15 is 0 Å². The highest BCUT2D eigenvalue weighted by molar-refractivity contribution is 7.89. The van der Waals surface area contributed by atoms with Gasteiger partial charge in [0.25, 0.3) is 5.91 Å². The Morgan fingerprint density at radius 1 is 0.962 bits per heavy atom. The molecule has 1 aromatic rings. The van der Waals surface area contributed by atoms with Gasteiger partial charge in [-0.25, -0.2) is 13.1 Å². The van der Waals surface area contributed by atoms with E-state index in [0.717, 1.165) is 38.8 Å². The summed E-state index contributed by atoms with van der Waals surface area (Å²) in [4.78, 5) is 13.7. The number of carbonyl (C=O) groups is 1. The van der Waals surface area contributed by atoms with Crippen molar-refractivity contribution in [2.24, 2.45) is 0 Å². The monoisotopic (exact) mass is 380 g/mol. The molecule has 0 spiro atoms. The first kappa shape index (κ1) is 19.3. The van der Waals surface area contributed by atoms with Gasteiger partial charge in [-0.1, -0.05) is 19.3 Å². The fraction of sp³-hybridized carbons (Fsp3) is 0.632. The first-order valence-electron chi connectivity index (χ1n) is 9.79. The van der Waals surface area contributed by atoms with Crippen LogP contribution in [0.4, 0.5) is 5.69 Å². The summed E-state index contributed by atoms with van der Waals surface area (Å²) in [6, 6.07) is 6.50. The molecule has 1 saturated heterocycles. The quantitative estimate of drug-likeness (QED) is 0.696. The molecule has 1 aromatic carbocycles. The summed E-state index contributed by atoms with van der Waals surface area (Å²) in [5, 5.41) is 2.87. The molecule has 0 atom stereocenters. The molecule has 26 heavy (non-hydrogen) atoms. The number of sulfonamides is 1. The van der Waals surface area contributed by atoms with E-state index in [1.54, 1.807) is 24.3 Å². The lowest BCUT2D eigenvalue weighted by Crippen LogP contribution is -3.13. The van der Waals surface area contributed by atoms with Crippen molar-refractivity contribution < 1.29 is 18.1 Å². The van der Waals surface area contributed by atoms with Gasteiger partial charge in [0.05, 0.1) is 18.0 Å². The summed E-state index contributed by atoms with van der Waals surface area (Å²) in [5.41, 5.74) is 0.642. The Labute approximate surface area is 156 Å². The van der Waals surface area contributed by atoms with E-state index in [-0.39, 0.29) is 16.8 Å². The number of hydrogen-bond donors (Lipinski definition) is 3. The van der Waals surface area contributed by atoms with Crippen LogP contribution in [0.1, 0.15) is 51.4 Å². The lowest BCUT2D eigenvalue weighted by Gasteiger charge is -2.23.